The van der Waals surface area contributed by atoms with Crippen molar-refractivity contribution in [3.8, 4) is 16.9 Å². The molecule has 4 nitrogen and oxygen atoms in total. The number of hydrogen-bond donors (Lipinski definition) is 1. The van der Waals surface area contributed by atoms with Gasteiger partial charge in [-0.15, -0.1) is 0 Å². The largest absolute Gasteiger partial charge is 0.485 e. The van der Waals surface area contributed by atoms with E-state index in [0.29, 0.717) is 23.4 Å². The number of halogens is 2. The van der Waals surface area contributed by atoms with Gasteiger partial charge in [0, 0.05) is 35.4 Å². The van der Waals surface area contributed by atoms with Gasteiger partial charge in [-0.2, -0.15) is 9.49 Å². The lowest BCUT2D eigenvalue weighted by Gasteiger charge is -2.28. The van der Waals surface area contributed by atoms with Gasteiger partial charge in [-0.3, -0.25) is 0 Å². The zero-order valence-corrected chi connectivity index (χ0v) is 13.7. The van der Waals surface area contributed by atoms with E-state index in [2.05, 4.69) is 10.1 Å². The van der Waals surface area contributed by atoms with Crippen LogP contribution in [0.5, 0.6) is 5.75 Å². The van der Waals surface area contributed by atoms with E-state index in [-0.39, 0.29) is 17.2 Å². The first-order valence-electron chi connectivity index (χ1n) is 8.10. The van der Waals surface area contributed by atoms with Gasteiger partial charge in [0.1, 0.15) is 17.7 Å². The molecule has 0 radical (unpaired) electrons. The first kappa shape index (κ1) is 16.2. The van der Waals surface area contributed by atoms with Crippen molar-refractivity contribution in [1.82, 2.24) is 4.98 Å². The number of hydrogen-bond acceptors (Lipinski definition) is 4. The number of hydrazone groups is 1. The summed E-state index contributed by atoms with van der Waals surface area (Å²) in [4.78, 5) is 3.58. The first-order valence-corrected chi connectivity index (χ1v) is 8.10. The molecule has 1 aliphatic rings. The Kier molecular flexibility index (Phi) is 4.08. The molecule has 1 atom stereocenters. The van der Waals surface area contributed by atoms with E-state index < -0.39 is 11.8 Å². The van der Waals surface area contributed by atoms with Crippen LogP contribution in [0.1, 0.15) is 23.7 Å². The monoisotopic (exact) mass is 351 g/mol. The molecule has 1 unspecified atom stereocenters. The molecule has 26 heavy (non-hydrogen) atoms. The third kappa shape index (κ3) is 2.79. The molecule has 0 aliphatic carbocycles. The first-order chi connectivity index (χ1) is 12.7. The summed E-state index contributed by atoms with van der Waals surface area (Å²) in [5.74, 6) is 4.56. The van der Waals surface area contributed by atoms with Crippen molar-refractivity contribution < 1.29 is 13.5 Å². The molecule has 130 valence electrons. The van der Waals surface area contributed by atoms with Crippen LogP contribution in [0.2, 0.25) is 0 Å². The highest BCUT2D eigenvalue weighted by atomic mass is 19.1. The fourth-order valence-corrected chi connectivity index (χ4v) is 3.13. The molecule has 0 saturated heterocycles. The minimum Gasteiger partial charge on any atom is -0.485 e. The number of fused-ring (bicyclic) bond motifs is 1. The summed E-state index contributed by atoms with van der Waals surface area (Å²) in [7, 11) is 0. The van der Waals surface area contributed by atoms with Crippen molar-refractivity contribution in [2.24, 2.45) is 10.9 Å². The predicted molar refractivity (Wildman–Crippen MR) is 94.7 cm³/mol. The molecule has 2 aromatic carbocycles. The van der Waals surface area contributed by atoms with E-state index in [1.807, 2.05) is 30.3 Å². The number of nitrogens with zero attached hydrogens (tertiary/aromatic N) is 2. The molecule has 1 aliphatic heterocycles. The van der Waals surface area contributed by atoms with E-state index in [4.69, 9.17) is 10.6 Å². The molecule has 0 bridgehead atoms. The molecular formula is C20H15F2N3O. The highest BCUT2D eigenvalue weighted by Gasteiger charge is 2.28. The van der Waals surface area contributed by atoms with Crippen LogP contribution in [0.15, 0.2) is 65.9 Å². The van der Waals surface area contributed by atoms with Crippen LogP contribution in [-0.2, 0) is 0 Å². The lowest BCUT2D eigenvalue weighted by molar-refractivity contribution is 0.205. The van der Waals surface area contributed by atoms with Crippen molar-refractivity contribution in [1.29, 1.82) is 0 Å². The lowest BCUT2D eigenvalue weighted by atomic mass is 9.93. The Morgan fingerprint density at radius 1 is 1.00 bits per heavy atom. The van der Waals surface area contributed by atoms with Gasteiger partial charge < -0.3 is 10.6 Å². The van der Waals surface area contributed by atoms with Crippen molar-refractivity contribution in [2.75, 3.05) is 0 Å². The van der Waals surface area contributed by atoms with Crippen LogP contribution in [0.4, 0.5) is 8.78 Å². The van der Waals surface area contributed by atoms with E-state index in [0.717, 1.165) is 5.56 Å². The normalized spacial score (nSPS) is 17.6. The summed E-state index contributed by atoms with van der Waals surface area (Å²) >= 11 is 0. The van der Waals surface area contributed by atoms with Gasteiger partial charge in [0.25, 0.3) is 0 Å². The van der Waals surface area contributed by atoms with Crippen molar-refractivity contribution in [3.05, 3.63) is 83.7 Å². The highest BCUT2D eigenvalue weighted by molar-refractivity contribution is 6.05. The Bertz CT molecular complexity index is 990. The van der Waals surface area contributed by atoms with Crippen LogP contribution in [0.3, 0.4) is 0 Å². The zero-order chi connectivity index (χ0) is 18.1. The Morgan fingerprint density at radius 2 is 1.81 bits per heavy atom. The van der Waals surface area contributed by atoms with Crippen LogP contribution in [0, 0.1) is 11.8 Å². The average Bonchev–Trinajstić information content (AvgIpc) is 2.68. The highest BCUT2D eigenvalue weighted by Crippen LogP contribution is 2.39. The maximum absolute atomic E-state index is 14.7. The number of rotatable bonds is 2. The fourth-order valence-electron chi connectivity index (χ4n) is 3.13. The minimum atomic E-state index is -0.739. The topological polar surface area (TPSA) is 60.5 Å². The summed E-state index contributed by atoms with van der Waals surface area (Å²) in [6, 6.07) is 15.4. The maximum Gasteiger partial charge on any atom is 0.220 e. The summed E-state index contributed by atoms with van der Waals surface area (Å²) in [6.45, 7) is 0. The molecule has 2 heterocycles. The zero-order valence-electron chi connectivity index (χ0n) is 13.7. The Labute approximate surface area is 149 Å². The second-order valence-electron chi connectivity index (χ2n) is 5.97. The standard InChI is InChI=1S/C20H15F2N3O/c21-16-10-19-15(9-14(16)13-7-4-8-24-20(13)22)17(25-23)11-18(26-19)12-5-2-1-3-6-12/h1-10,18H,11,23H2/b25-17-. The molecule has 2 N–H and O–H groups in total. The second-order valence-corrected chi connectivity index (χ2v) is 5.97. The van der Waals surface area contributed by atoms with E-state index in [1.54, 1.807) is 6.07 Å². The molecule has 3 aromatic rings. The number of aromatic nitrogens is 1. The van der Waals surface area contributed by atoms with Gasteiger partial charge in [-0.25, -0.2) is 9.37 Å². The van der Waals surface area contributed by atoms with E-state index in [9.17, 15) is 8.78 Å². The molecule has 4 rings (SSSR count). The van der Waals surface area contributed by atoms with Gasteiger partial charge in [-0.1, -0.05) is 30.3 Å². The van der Waals surface area contributed by atoms with Crippen LogP contribution >= 0.6 is 0 Å². The lowest BCUT2D eigenvalue weighted by Crippen LogP contribution is -2.22. The SMILES string of the molecule is N/N=C1/CC(c2ccccc2)Oc2cc(F)c(-c3cccnc3F)cc21. The molecule has 0 spiro atoms. The van der Waals surface area contributed by atoms with Gasteiger partial charge in [0.2, 0.25) is 5.95 Å². The Balaban J connectivity index is 1.80. The van der Waals surface area contributed by atoms with Crippen LogP contribution < -0.4 is 10.6 Å². The summed E-state index contributed by atoms with van der Waals surface area (Å²) in [5.41, 5.74) is 2.25. The minimum absolute atomic E-state index is 0.0781. The number of nitrogens with two attached hydrogens (primary N) is 1. The summed E-state index contributed by atoms with van der Waals surface area (Å²) < 4.78 is 34.6. The molecule has 6 heteroatoms. The van der Waals surface area contributed by atoms with E-state index >= 15 is 0 Å². The Morgan fingerprint density at radius 3 is 2.54 bits per heavy atom. The smallest absolute Gasteiger partial charge is 0.220 e. The van der Waals surface area contributed by atoms with Crippen LogP contribution in [0.25, 0.3) is 11.1 Å². The number of ether oxygens (including phenoxy) is 1. The quantitative estimate of drug-likeness (QED) is 0.427. The third-order valence-electron chi connectivity index (χ3n) is 4.40. The summed E-state index contributed by atoms with van der Waals surface area (Å²) in [5, 5.41) is 3.86. The third-order valence-corrected chi connectivity index (χ3v) is 4.40. The molecule has 0 fully saturated rings. The second kappa shape index (κ2) is 6.55. The predicted octanol–water partition coefficient (Wildman–Crippen LogP) is 4.21. The van der Waals surface area contributed by atoms with Gasteiger partial charge in [-0.05, 0) is 23.8 Å². The van der Waals surface area contributed by atoms with Gasteiger partial charge in [0.05, 0.1) is 5.71 Å². The van der Waals surface area contributed by atoms with Crippen LogP contribution in [-0.4, -0.2) is 10.7 Å². The maximum atomic E-state index is 14.7. The number of benzene rings is 2. The summed E-state index contributed by atoms with van der Waals surface area (Å²) in [6.07, 6.45) is 1.44. The van der Waals surface area contributed by atoms with Crippen molar-refractivity contribution in [2.45, 2.75) is 12.5 Å². The van der Waals surface area contributed by atoms with E-state index in [1.165, 1.54) is 24.4 Å². The number of pyridine rings is 1. The fraction of sp³-hybridized carbons (Fsp3) is 0.100. The van der Waals surface area contributed by atoms with Crippen molar-refractivity contribution in [3.63, 3.8) is 0 Å². The molecule has 1 aromatic heterocycles. The van der Waals surface area contributed by atoms with Gasteiger partial charge in [0.15, 0.2) is 0 Å². The molecular weight excluding hydrogens is 336 g/mol. The molecule has 0 saturated carbocycles. The molecule has 0 amide bonds. The Hall–Kier alpha value is -3.28. The van der Waals surface area contributed by atoms with Gasteiger partial charge >= 0.3 is 0 Å². The van der Waals surface area contributed by atoms with Crippen molar-refractivity contribution >= 4 is 5.71 Å². The average molecular weight is 351 g/mol.